The van der Waals surface area contributed by atoms with Crippen LogP contribution in [-0.2, 0) is 14.3 Å². The first kappa shape index (κ1) is 28.0. The van der Waals surface area contributed by atoms with E-state index in [2.05, 4.69) is 0 Å². The molecule has 1 N–H and O–H groups in total. The van der Waals surface area contributed by atoms with E-state index in [0.29, 0.717) is 16.8 Å². The number of para-hydroxylation sites is 1. The zero-order chi connectivity index (χ0) is 27.5. The minimum absolute atomic E-state index is 0.0889. The topological polar surface area (TPSA) is 68.5 Å². The maximum absolute atomic E-state index is 15.1. The number of hydrogen-bond acceptors (Lipinski definition) is 4. The molecule has 0 saturated heterocycles. The Labute approximate surface area is 213 Å². The predicted molar refractivity (Wildman–Crippen MR) is 137 cm³/mol. The highest BCUT2D eigenvalue weighted by Crippen LogP contribution is 2.38. The summed E-state index contributed by atoms with van der Waals surface area (Å²) in [5.74, 6) is -4.40. The van der Waals surface area contributed by atoms with Gasteiger partial charge in [0.1, 0.15) is 23.5 Å². The van der Waals surface area contributed by atoms with Gasteiger partial charge in [-0.2, -0.15) is 8.78 Å². The standard InChI is InChI=1S/C29H30F3NO4/c1-18(2)33-23-9-7-6-8-22(23)27(19-10-12-21(30)13-11-19)24(33)14-15-25(35)29(31,32)20(17-34)16-26(36)37-28(3,4)5/h6-15,18,25,35H,16H2,1-5H3/b15-14+. The van der Waals surface area contributed by atoms with Crippen molar-refractivity contribution >= 4 is 28.9 Å². The molecule has 0 saturated carbocycles. The molecule has 37 heavy (non-hydrogen) atoms. The number of benzene rings is 2. The molecule has 0 fully saturated rings. The molecule has 0 radical (unpaired) electrons. The molecule has 196 valence electrons. The van der Waals surface area contributed by atoms with Crippen LogP contribution in [0.3, 0.4) is 0 Å². The van der Waals surface area contributed by atoms with Crippen molar-refractivity contribution in [3.05, 3.63) is 71.7 Å². The Morgan fingerprint density at radius 1 is 1.11 bits per heavy atom. The molecular formula is C29H30F3NO4. The molecule has 3 aromatic rings. The highest BCUT2D eigenvalue weighted by Gasteiger charge is 2.43. The van der Waals surface area contributed by atoms with Gasteiger partial charge < -0.3 is 14.4 Å². The third kappa shape index (κ3) is 6.21. The van der Waals surface area contributed by atoms with Crippen LogP contribution in [0.1, 0.15) is 52.8 Å². The number of aliphatic hydroxyl groups is 1. The van der Waals surface area contributed by atoms with E-state index in [0.717, 1.165) is 22.9 Å². The van der Waals surface area contributed by atoms with E-state index in [1.807, 2.05) is 42.7 Å². The number of halogens is 3. The smallest absolute Gasteiger partial charge is 0.311 e. The second-order valence-electron chi connectivity index (χ2n) is 10.0. The number of hydrogen-bond donors (Lipinski definition) is 1. The first-order valence-electron chi connectivity index (χ1n) is 11.9. The molecule has 0 bridgehead atoms. The summed E-state index contributed by atoms with van der Waals surface area (Å²) in [4.78, 5) is 23.4. The number of ether oxygens (including phenoxy) is 1. The van der Waals surface area contributed by atoms with Crippen LogP contribution in [-0.4, -0.2) is 39.2 Å². The van der Waals surface area contributed by atoms with Gasteiger partial charge in [-0.25, -0.2) is 9.18 Å². The molecule has 1 unspecified atom stereocenters. The molecule has 3 rings (SSSR count). The number of carbonyl (C=O) groups excluding carboxylic acids is 2. The Balaban J connectivity index is 2.06. The second-order valence-corrected chi connectivity index (χ2v) is 10.0. The van der Waals surface area contributed by atoms with Crippen molar-refractivity contribution in [1.82, 2.24) is 4.57 Å². The van der Waals surface area contributed by atoms with Crippen LogP contribution in [0.5, 0.6) is 0 Å². The fraction of sp³-hybridized carbons (Fsp3) is 0.345. The predicted octanol–water partition coefficient (Wildman–Crippen LogP) is 6.53. The summed E-state index contributed by atoms with van der Waals surface area (Å²) in [6, 6.07) is 13.2. The van der Waals surface area contributed by atoms with Crippen molar-refractivity contribution in [2.24, 2.45) is 0 Å². The zero-order valence-electron chi connectivity index (χ0n) is 21.4. The van der Waals surface area contributed by atoms with Crippen LogP contribution >= 0.6 is 0 Å². The Kier molecular flexibility index (Phi) is 8.16. The lowest BCUT2D eigenvalue weighted by molar-refractivity contribution is -0.155. The third-order valence-corrected chi connectivity index (χ3v) is 5.67. The fourth-order valence-corrected chi connectivity index (χ4v) is 4.15. The van der Waals surface area contributed by atoms with Crippen LogP contribution in [0, 0.1) is 5.82 Å². The Hall–Kier alpha value is -3.61. The quantitative estimate of drug-likeness (QED) is 0.275. The highest BCUT2D eigenvalue weighted by atomic mass is 19.3. The summed E-state index contributed by atoms with van der Waals surface area (Å²) >= 11 is 0. The van der Waals surface area contributed by atoms with Gasteiger partial charge in [-0.3, -0.25) is 4.79 Å². The van der Waals surface area contributed by atoms with Crippen LogP contribution in [0.2, 0.25) is 0 Å². The van der Waals surface area contributed by atoms with Crippen molar-refractivity contribution in [3.8, 4) is 11.1 Å². The van der Waals surface area contributed by atoms with Gasteiger partial charge in [0.25, 0.3) is 0 Å². The Bertz CT molecular complexity index is 1360. The zero-order valence-corrected chi connectivity index (χ0v) is 21.4. The molecule has 0 spiro atoms. The monoisotopic (exact) mass is 513 g/mol. The van der Waals surface area contributed by atoms with Gasteiger partial charge >= 0.3 is 11.9 Å². The number of esters is 1. The van der Waals surface area contributed by atoms with Gasteiger partial charge in [0.15, 0.2) is 0 Å². The van der Waals surface area contributed by atoms with Gasteiger partial charge in [0.2, 0.25) is 0 Å². The van der Waals surface area contributed by atoms with Crippen molar-refractivity contribution in [3.63, 3.8) is 0 Å². The van der Waals surface area contributed by atoms with Gasteiger partial charge in [-0.15, -0.1) is 0 Å². The highest BCUT2D eigenvalue weighted by molar-refractivity contribution is 6.01. The molecular weight excluding hydrogens is 483 g/mol. The second kappa shape index (κ2) is 10.8. The average molecular weight is 514 g/mol. The number of carbonyl (C=O) groups is 1. The molecule has 2 aromatic carbocycles. The normalized spacial score (nSPS) is 13.2. The minimum atomic E-state index is -4.07. The Morgan fingerprint density at radius 3 is 2.30 bits per heavy atom. The van der Waals surface area contributed by atoms with E-state index >= 15 is 8.78 Å². The maximum atomic E-state index is 15.1. The van der Waals surface area contributed by atoms with Crippen LogP contribution < -0.4 is 0 Å². The first-order valence-corrected chi connectivity index (χ1v) is 11.9. The van der Waals surface area contributed by atoms with Gasteiger partial charge in [-0.1, -0.05) is 30.3 Å². The summed E-state index contributed by atoms with van der Waals surface area (Å²) in [5, 5.41) is 11.3. The lowest BCUT2D eigenvalue weighted by Gasteiger charge is -2.23. The molecule has 0 aliphatic heterocycles. The summed E-state index contributed by atoms with van der Waals surface area (Å²) in [6.45, 7) is 8.56. The van der Waals surface area contributed by atoms with E-state index in [9.17, 15) is 19.1 Å². The minimum Gasteiger partial charge on any atom is -0.460 e. The number of aliphatic hydroxyl groups excluding tert-OH is 1. The van der Waals surface area contributed by atoms with Gasteiger partial charge in [0, 0.05) is 28.2 Å². The summed E-state index contributed by atoms with van der Waals surface area (Å²) in [6.07, 6.45) is -1.20. The number of alkyl halides is 2. The summed E-state index contributed by atoms with van der Waals surface area (Å²) < 4.78 is 50.7. The van der Waals surface area contributed by atoms with Crippen LogP contribution in [0.15, 0.2) is 60.2 Å². The van der Waals surface area contributed by atoms with Crippen molar-refractivity contribution in [2.45, 2.75) is 64.7 Å². The van der Waals surface area contributed by atoms with Crippen molar-refractivity contribution in [1.29, 1.82) is 0 Å². The molecule has 8 heteroatoms. The Morgan fingerprint density at radius 2 is 1.73 bits per heavy atom. The van der Waals surface area contributed by atoms with Crippen LogP contribution in [0.4, 0.5) is 13.2 Å². The van der Waals surface area contributed by atoms with E-state index in [4.69, 9.17) is 4.74 Å². The third-order valence-electron chi connectivity index (χ3n) is 5.67. The largest absolute Gasteiger partial charge is 0.460 e. The molecule has 1 atom stereocenters. The van der Waals surface area contributed by atoms with Crippen LogP contribution in [0.25, 0.3) is 28.1 Å². The molecule has 0 aliphatic carbocycles. The van der Waals surface area contributed by atoms with Crippen molar-refractivity contribution < 1.29 is 32.6 Å². The average Bonchev–Trinajstić information content (AvgIpc) is 3.14. The molecule has 0 amide bonds. The summed E-state index contributed by atoms with van der Waals surface area (Å²) in [7, 11) is 0. The molecule has 1 heterocycles. The maximum Gasteiger partial charge on any atom is 0.311 e. The number of nitrogens with zero attached hydrogens (tertiary/aromatic N) is 1. The van der Waals surface area contributed by atoms with Gasteiger partial charge in [0.05, 0.1) is 12.0 Å². The van der Waals surface area contributed by atoms with E-state index in [-0.39, 0.29) is 6.04 Å². The summed E-state index contributed by atoms with van der Waals surface area (Å²) in [5.41, 5.74) is 0.548. The molecule has 5 nitrogen and oxygen atoms in total. The number of fused-ring (bicyclic) bond motifs is 1. The van der Waals surface area contributed by atoms with E-state index in [1.165, 1.54) is 18.2 Å². The lowest BCUT2D eigenvalue weighted by atomic mass is 9.99. The number of aromatic nitrogens is 1. The van der Waals surface area contributed by atoms with Gasteiger partial charge in [-0.05, 0) is 70.5 Å². The fourth-order valence-electron chi connectivity index (χ4n) is 4.15. The molecule has 0 aliphatic rings. The van der Waals surface area contributed by atoms with E-state index in [1.54, 1.807) is 32.9 Å². The SMILES string of the molecule is CC(C)n1c(/C=C/C(O)C(F)(F)C(=C=O)CC(=O)OC(C)(C)C)c(-c2ccc(F)cc2)c2ccccc21. The first-order chi connectivity index (χ1) is 17.3. The molecule has 1 aromatic heterocycles. The van der Waals surface area contributed by atoms with Crippen molar-refractivity contribution in [2.75, 3.05) is 0 Å². The lowest BCUT2D eigenvalue weighted by Crippen LogP contribution is -2.36. The van der Waals surface area contributed by atoms with E-state index < -0.39 is 41.4 Å². The number of rotatable bonds is 8.